The molecule has 1 fully saturated rings. The highest BCUT2D eigenvalue weighted by molar-refractivity contribution is 5.99. The number of amides is 2. The third-order valence-electron chi connectivity index (χ3n) is 4.70. The maximum absolute atomic E-state index is 12.1. The van der Waals surface area contributed by atoms with E-state index in [0.717, 1.165) is 6.42 Å². The molecular weight excluding hydrogens is 292 g/mol. The molecule has 0 spiro atoms. The number of rotatable bonds is 4. The van der Waals surface area contributed by atoms with Gasteiger partial charge in [-0.05, 0) is 37.5 Å². The van der Waals surface area contributed by atoms with Gasteiger partial charge in [-0.2, -0.15) is 0 Å². The van der Waals surface area contributed by atoms with Crippen LogP contribution in [0.4, 0.5) is 11.4 Å². The first-order valence-corrected chi connectivity index (χ1v) is 8.53. The van der Waals surface area contributed by atoms with Crippen molar-refractivity contribution in [3.05, 3.63) is 18.2 Å². The Kier molecular flexibility index (Phi) is 4.84. The number of carbonyl (C=O) groups is 2. The van der Waals surface area contributed by atoms with Crippen molar-refractivity contribution in [1.82, 2.24) is 0 Å². The monoisotopic (exact) mass is 316 g/mol. The largest absolute Gasteiger partial charge is 0.479 e. The van der Waals surface area contributed by atoms with Crippen LogP contribution in [-0.2, 0) is 9.59 Å². The Hall–Kier alpha value is -2.04. The SMILES string of the molecule is CC1Oc2ccc(NC(=O)CCC3CCCCC3)cc2NC1=O. The number of nitrogens with one attached hydrogen (secondary N) is 2. The second kappa shape index (κ2) is 7.02. The zero-order valence-corrected chi connectivity index (χ0v) is 13.6. The van der Waals surface area contributed by atoms with Crippen LogP contribution in [0.15, 0.2) is 18.2 Å². The first-order valence-electron chi connectivity index (χ1n) is 8.53. The molecule has 0 radical (unpaired) electrons. The van der Waals surface area contributed by atoms with Gasteiger partial charge < -0.3 is 15.4 Å². The van der Waals surface area contributed by atoms with E-state index in [9.17, 15) is 9.59 Å². The van der Waals surface area contributed by atoms with Gasteiger partial charge in [-0.25, -0.2) is 0 Å². The number of carbonyl (C=O) groups excluding carboxylic acids is 2. The van der Waals surface area contributed by atoms with Crippen molar-refractivity contribution in [2.24, 2.45) is 5.92 Å². The van der Waals surface area contributed by atoms with Crippen molar-refractivity contribution in [3.63, 3.8) is 0 Å². The summed E-state index contributed by atoms with van der Waals surface area (Å²) in [4.78, 5) is 23.8. The summed E-state index contributed by atoms with van der Waals surface area (Å²) >= 11 is 0. The molecule has 2 aliphatic rings. The lowest BCUT2D eigenvalue weighted by molar-refractivity contribution is -0.122. The third kappa shape index (κ3) is 4.03. The Morgan fingerprint density at radius 3 is 2.87 bits per heavy atom. The fourth-order valence-electron chi connectivity index (χ4n) is 3.32. The lowest BCUT2D eigenvalue weighted by Crippen LogP contribution is -2.34. The Bertz CT molecular complexity index is 594. The molecular formula is C18H24N2O3. The van der Waals surface area contributed by atoms with Crippen molar-refractivity contribution >= 4 is 23.2 Å². The van der Waals surface area contributed by atoms with Crippen molar-refractivity contribution in [3.8, 4) is 5.75 Å². The zero-order chi connectivity index (χ0) is 16.2. The fourth-order valence-corrected chi connectivity index (χ4v) is 3.32. The number of fused-ring (bicyclic) bond motifs is 1. The number of benzene rings is 1. The minimum absolute atomic E-state index is 0.0342. The molecule has 1 aliphatic carbocycles. The van der Waals surface area contributed by atoms with E-state index in [4.69, 9.17) is 4.74 Å². The van der Waals surface area contributed by atoms with Crippen LogP contribution in [0, 0.1) is 5.92 Å². The summed E-state index contributed by atoms with van der Waals surface area (Å²) in [6.45, 7) is 1.71. The Balaban J connectivity index is 1.54. The van der Waals surface area contributed by atoms with Crippen LogP contribution in [0.3, 0.4) is 0 Å². The topological polar surface area (TPSA) is 67.4 Å². The number of anilines is 2. The van der Waals surface area contributed by atoms with E-state index in [1.807, 2.05) is 6.07 Å². The summed E-state index contributed by atoms with van der Waals surface area (Å²) in [6, 6.07) is 5.33. The van der Waals surface area contributed by atoms with Crippen molar-refractivity contribution in [2.75, 3.05) is 10.6 Å². The quantitative estimate of drug-likeness (QED) is 0.890. The predicted molar refractivity (Wildman–Crippen MR) is 89.6 cm³/mol. The molecule has 5 nitrogen and oxygen atoms in total. The summed E-state index contributed by atoms with van der Waals surface area (Å²) < 4.78 is 5.51. The second-order valence-corrected chi connectivity index (χ2v) is 6.55. The molecule has 1 aliphatic heterocycles. The molecule has 23 heavy (non-hydrogen) atoms. The van der Waals surface area contributed by atoms with Gasteiger partial charge in [0.15, 0.2) is 6.10 Å². The Morgan fingerprint density at radius 2 is 2.09 bits per heavy atom. The molecule has 2 amide bonds. The molecule has 1 atom stereocenters. The molecule has 1 aromatic rings. The van der Waals surface area contributed by atoms with Gasteiger partial charge in [-0.3, -0.25) is 9.59 Å². The van der Waals surface area contributed by atoms with E-state index in [1.165, 1.54) is 32.1 Å². The normalized spacial score (nSPS) is 21.1. The number of hydrogen-bond acceptors (Lipinski definition) is 3. The van der Waals surface area contributed by atoms with E-state index in [0.29, 0.717) is 29.5 Å². The molecule has 0 saturated heterocycles. The summed E-state index contributed by atoms with van der Waals surface area (Å²) in [5, 5.41) is 5.70. The molecule has 5 heteroatoms. The Labute approximate surface area is 136 Å². The maximum atomic E-state index is 12.1. The third-order valence-corrected chi connectivity index (χ3v) is 4.70. The highest BCUT2D eigenvalue weighted by Crippen LogP contribution is 2.32. The predicted octanol–water partition coefficient (Wildman–Crippen LogP) is 3.71. The van der Waals surface area contributed by atoms with Crippen molar-refractivity contribution in [1.29, 1.82) is 0 Å². The molecule has 1 saturated carbocycles. The van der Waals surface area contributed by atoms with E-state index in [1.54, 1.807) is 19.1 Å². The molecule has 1 heterocycles. The second-order valence-electron chi connectivity index (χ2n) is 6.55. The first kappa shape index (κ1) is 15.8. The molecule has 0 bridgehead atoms. The fraction of sp³-hybridized carbons (Fsp3) is 0.556. The van der Waals surface area contributed by atoms with E-state index >= 15 is 0 Å². The highest BCUT2D eigenvalue weighted by Gasteiger charge is 2.23. The molecule has 1 unspecified atom stereocenters. The van der Waals surface area contributed by atoms with Crippen LogP contribution < -0.4 is 15.4 Å². The van der Waals surface area contributed by atoms with Crippen molar-refractivity contribution < 1.29 is 14.3 Å². The van der Waals surface area contributed by atoms with Crippen LogP contribution in [0.25, 0.3) is 0 Å². The standard InChI is InChI=1S/C18H24N2O3/c1-12-18(22)20-15-11-14(8-9-16(15)23-12)19-17(21)10-7-13-5-3-2-4-6-13/h8-9,11-13H,2-7,10H2,1H3,(H,19,21)(H,20,22). The summed E-state index contributed by atoms with van der Waals surface area (Å²) in [7, 11) is 0. The van der Waals surface area contributed by atoms with Gasteiger partial charge >= 0.3 is 0 Å². The van der Waals surface area contributed by atoms with Gasteiger partial charge in [-0.15, -0.1) is 0 Å². The Morgan fingerprint density at radius 1 is 1.30 bits per heavy atom. The van der Waals surface area contributed by atoms with Gasteiger partial charge in [0.25, 0.3) is 5.91 Å². The van der Waals surface area contributed by atoms with Crippen LogP contribution in [0.5, 0.6) is 5.75 Å². The number of ether oxygens (including phenoxy) is 1. The minimum Gasteiger partial charge on any atom is -0.479 e. The highest BCUT2D eigenvalue weighted by atomic mass is 16.5. The molecule has 3 rings (SSSR count). The molecule has 2 N–H and O–H groups in total. The average molecular weight is 316 g/mol. The zero-order valence-electron chi connectivity index (χ0n) is 13.6. The van der Waals surface area contributed by atoms with Gasteiger partial charge in [0.1, 0.15) is 5.75 Å². The first-order chi connectivity index (χ1) is 11.1. The lowest BCUT2D eigenvalue weighted by Gasteiger charge is -2.24. The van der Waals surface area contributed by atoms with Crippen molar-refractivity contribution in [2.45, 2.75) is 58.0 Å². The van der Waals surface area contributed by atoms with E-state index < -0.39 is 6.10 Å². The van der Waals surface area contributed by atoms with Gasteiger partial charge in [-0.1, -0.05) is 32.1 Å². The van der Waals surface area contributed by atoms with Gasteiger partial charge in [0.05, 0.1) is 5.69 Å². The van der Waals surface area contributed by atoms with Crippen LogP contribution >= 0.6 is 0 Å². The van der Waals surface area contributed by atoms with Crippen LogP contribution in [0.1, 0.15) is 51.9 Å². The van der Waals surface area contributed by atoms with Crippen LogP contribution in [-0.4, -0.2) is 17.9 Å². The van der Waals surface area contributed by atoms with Gasteiger partial charge in [0.2, 0.25) is 5.91 Å². The lowest BCUT2D eigenvalue weighted by atomic mass is 9.86. The minimum atomic E-state index is -0.488. The molecule has 124 valence electrons. The molecule has 0 aromatic heterocycles. The molecule has 1 aromatic carbocycles. The smallest absolute Gasteiger partial charge is 0.265 e. The summed E-state index contributed by atoms with van der Waals surface area (Å²) in [5.74, 6) is 1.20. The summed E-state index contributed by atoms with van der Waals surface area (Å²) in [6.07, 6.45) is 7.49. The van der Waals surface area contributed by atoms with E-state index in [-0.39, 0.29) is 11.8 Å². The number of hydrogen-bond donors (Lipinski definition) is 2. The average Bonchev–Trinajstić information content (AvgIpc) is 2.55. The van der Waals surface area contributed by atoms with E-state index in [2.05, 4.69) is 10.6 Å². The van der Waals surface area contributed by atoms with Gasteiger partial charge in [0, 0.05) is 12.1 Å². The summed E-state index contributed by atoms with van der Waals surface area (Å²) in [5.41, 5.74) is 1.30. The maximum Gasteiger partial charge on any atom is 0.265 e. The van der Waals surface area contributed by atoms with Crippen LogP contribution in [0.2, 0.25) is 0 Å².